The summed E-state index contributed by atoms with van der Waals surface area (Å²) in [5.41, 5.74) is 5.51. The van der Waals surface area contributed by atoms with Crippen molar-refractivity contribution in [2.24, 2.45) is 16.6 Å². The van der Waals surface area contributed by atoms with Crippen molar-refractivity contribution in [2.75, 3.05) is 19.6 Å². The molecule has 3 aliphatic rings. The largest absolute Gasteiger partial charge is 0.369 e. The van der Waals surface area contributed by atoms with Crippen molar-refractivity contribution in [1.29, 1.82) is 0 Å². The molecule has 1 aromatic heterocycles. The molecular weight excluding hydrogens is 344 g/mol. The second-order valence-electron chi connectivity index (χ2n) is 8.38. The topological polar surface area (TPSA) is 96.6 Å². The molecule has 144 valence electrons. The van der Waals surface area contributed by atoms with Gasteiger partial charge in [0.2, 0.25) is 17.7 Å². The van der Waals surface area contributed by atoms with E-state index in [4.69, 9.17) is 5.73 Å². The summed E-state index contributed by atoms with van der Waals surface area (Å²) in [6.45, 7) is 2.51. The first kappa shape index (κ1) is 17.9. The SMILES string of the molecule is NC(=O)C1(C(=O)N2CCC[C@@]3(CCC(=O)N(Cc4ccncc4)C3)C2)CC1. The number of nitrogens with zero attached hydrogens (tertiary/aromatic N) is 3. The fourth-order valence-corrected chi connectivity index (χ4v) is 4.66. The van der Waals surface area contributed by atoms with Crippen LogP contribution < -0.4 is 5.73 Å². The van der Waals surface area contributed by atoms with E-state index in [2.05, 4.69) is 4.98 Å². The Bertz CT molecular complexity index is 762. The molecule has 2 saturated heterocycles. The predicted octanol–water partition coefficient (Wildman–Crippen LogP) is 1.08. The van der Waals surface area contributed by atoms with Crippen molar-refractivity contribution in [3.8, 4) is 0 Å². The molecule has 0 aromatic carbocycles. The maximum Gasteiger partial charge on any atom is 0.238 e. The molecule has 1 atom stereocenters. The van der Waals surface area contributed by atoms with Crippen molar-refractivity contribution in [2.45, 2.75) is 45.1 Å². The van der Waals surface area contributed by atoms with Crippen LogP contribution in [0, 0.1) is 10.8 Å². The summed E-state index contributed by atoms with van der Waals surface area (Å²) < 4.78 is 0. The third-order valence-corrected chi connectivity index (χ3v) is 6.45. The fraction of sp³-hybridized carbons (Fsp3) is 0.600. The van der Waals surface area contributed by atoms with Crippen molar-refractivity contribution in [1.82, 2.24) is 14.8 Å². The molecule has 3 heterocycles. The molecular formula is C20H26N4O3. The molecule has 0 bridgehead atoms. The lowest BCUT2D eigenvalue weighted by Crippen LogP contribution is -2.56. The summed E-state index contributed by atoms with van der Waals surface area (Å²) in [6.07, 6.45) is 7.81. The summed E-state index contributed by atoms with van der Waals surface area (Å²) in [4.78, 5) is 44.9. The third kappa shape index (κ3) is 3.31. The Balaban J connectivity index is 1.48. The Kier molecular flexibility index (Phi) is 4.40. The smallest absolute Gasteiger partial charge is 0.238 e. The molecule has 0 unspecified atom stereocenters. The maximum atomic E-state index is 12.9. The minimum Gasteiger partial charge on any atom is -0.369 e. The van der Waals surface area contributed by atoms with Gasteiger partial charge in [-0.15, -0.1) is 0 Å². The molecule has 3 fully saturated rings. The first-order valence-corrected chi connectivity index (χ1v) is 9.70. The van der Waals surface area contributed by atoms with Gasteiger partial charge in [-0.05, 0) is 49.8 Å². The zero-order chi connectivity index (χ0) is 19.1. The predicted molar refractivity (Wildman–Crippen MR) is 98.0 cm³/mol. The van der Waals surface area contributed by atoms with Crippen LogP contribution in [0.2, 0.25) is 0 Å². The first-order valence-electron chi connectivity index (χ1n) is 9.70. The Morgan fingerprint density at radius 2 is 1.85 bits per heavy atom. The second kappa shape index (κ2) is 6.62. The minimum absolute atomic E-state index is 0.0808. The van der Waals surface area contributed by atoms with E-state index in [1.807, 2.05) is 21.9 Å². The van der Waals surface area contributed by atoms with E-state index in [1.165, 1.54) is 0 Å². The highest BCUT2D eigenvalue weighted by Gasteiger charge is 2.58. The number of hydrogen-bond acceptors (Lipinski definition) is 4. The van der Waals surface area contributed by atoms with Crippen LogP contribution in [0.5, 0.6) is 0 Å². The van der Waals surface area contributed by atoms with Gasteiger partial charge in [-0.25, -0.2) is 0 Å². The van der Waals surface area contributed by atoms with Crippen LogP contribution in [-0.4, -0.2) is 52.1 Å². The van der Waals surface area contributed by atoms with Crippen molar-refractivity contribution < 1.29 is 14.4 Å². The molecule has 2 N–H and O–H groups in total. The Morgan fingerprint density at radius 3 is 2.52 bits per heavy atom. The van der Waals surface area contributed by atoms with Crippen LogP contribution in [0.3, 0.4) is 0 Å². The summed E-state index contributed by atoms with van der Waals surface area (Å²) in [6, 6.07) is 3.85. The van der Waals surface area contributed by atoms with Gasteiger partial charge in [0.05, 0.1) is 0 Å². The number of nitrogens with two attached hydrogens (primary N) is 1. The first-order chi connectivity index (χ1) is 12.9. The number of aromatic nitrogens is 1. The summed E-state index contributed by atoms with van der Waals surface area (Å²) >= 11 is 0. The molecule has 1 aromatic rings. The molecule has 7 nitrogen and oxygen atoms in total. The zero-order valence-electron chi connectivity index (χ0n) is 15.5. The molecule has 2 aliphatic heterocycles. The molecule has 1 aliphatic carbocycles. The van der Waals surface area contributed by atoms with Gasteiger partial charge in [0.25, 0.3) is 0 Å². The second-order valence-corrected chi connectivity index (χ2v) is 8.38. The van der Waals surface area contributed by atoms with Gasteiger partial charge in [-0.2, -0.15) is 0 Å². The van der Waals surface area contributed by atoms with Gasteiger partial charge >= 0.3 is 0 Å². The van der Waals surface area contributed by atoms with Crippen LogP contribution in [0.1, 0.15) is 44.1 Å². The van der Waals surface area contributed by atoms with E-state index in [0.29, 0.717) is 45.4 Å². The van der Waals surface area contributed by atoms with Gasteiger partial charge in [-0.3, -0.25) is 19.4 Å². The average molecular weight is 370 g/mol. The molecule has 3 amide bonds. The summed E-state index contributed by atoms with van der Waals surface area (Å²) in [5.74, 6) is -0.436. The van der Waals surface area contributed by atoms with Crippen molar-refractivity contribution in [3.63, 3.8) is 0 Å². The van der Waals surface area contributed by atoms with E-state index in [1.54, 1.807) is 12.4 Å². The molecule has 1 spiro atoms. The minimum atomic E-state index is -0.959. The summed E-state index contributed by atoms with van der Waals surface area (Å²) in [7, 11) is 0. The number of primary amides is 1. The van der Waals surface area contributed by atoms with E-state index in [9.17, 15) is 14.4 Å². The highest BCUT2D eigenvalue weighted by atomic mass is 16.2. The highest BCUT2D eigenvalue weighted by molar-refractivity contribution is 6.07. The van der Waals surface area contributed by atoms with E-state index < -0.39 is 11.3 Å². The third-order valence-electron chi connectivity index (χ3n) is 6.45. The Hall–Kier alpha value is -2.44. The monoisotopic (exact) mass is 370 g/mol. The molecule has 27 heavy (non-hydrogen) atoms. The van der Waals surface area contributed by atoms with Crippen LogP contribution in [-0.2, 0) is 20.9 Å². The number of pyridine rings is 1. The van der Waals surface area contributed by atoms with Gasteiger partial charge in [-0.1, -0.05) is 0 Å². The molecule has 0 radical (unpaired) electrons. The lowest BCUT2D eigenvalue weighted by Gasteiger charge is -2.48. The van der Waals surface area contributed by atoms with Crippen LogP contribution in [0.25, 0.3) is 0 Å². The van der Waals surface area contributed by atoms with Crippen molar-refractivity contribution >= 4 is 17.7 Å². The van der Waals surface area contributed by atoms with E-state index in [0.717, 1.165) is 24.8 Å². The van der Waals surface area contributed by atoms with Gasteiger partial charge in [0, 0.05) is 50.4 Å². The normalized spacial score (nSPS) is 26.9. The van der Waals surface area contributed by atoms with E-state index >= 15 is 0 Å². The van der Waals surface area contributed by atoms with Gasteiger partial charge in [0.1, 0.15) is 5.41 Å². The van der Waals surface area contributed by atoms with Crippen LogP contribution in [0.4, 0.5) is 0 Å². The Labute approximate surface area is 158 Å². The molecule has 4 rings (SSSR count). The van der Waals surface area contributed by atoms with Crippen molar-refractivity contribution in [3.05, 3.63) is 30.1 Å². The number of hydrogen-bond donors (Lipinski definition) is 1. The lowest BCUT2D eigenvalue weighted by molar-refractivity contribution is -0.149. The van der Waals surface area contributed by atoms with Crippen LogP contribution >= 0.6 is 0 Å². The highest BCUT2D eigenvalue weighted by Crippen LogP contribution is 2.48. The standard InChI is InChI=1S/C20H26N4O3/c21-17(26)20(7-8-20)18(27)23-11-1-5-19(13-23)6-2-16(25)24(14-19)12-15-3-9-22-10-4-15/h3-4,9-10H,1-2,5-8,11-14H2,(H2,21,26)/t19-/m1/s1. The molecule has 1 saturated carbocycles. The average Bonchev–Trinajstić information content (AvgIpc) is 3.47. The number of amides is 3. The number of carbonyl (C=O) groups is 3. The number of rotatable bonds is 4. The fourth-order valence-electron chi connectivity index (χ4n) is 4.66. The van der Waals surface area contributed by atoms with Crippen LogP contribution in [0.15, 0.2) is 24.5 Å². The maximum absolute atomic E-state index is 12.9. The quantitative estimate of drug-likeness (QED) is 0.802. The number of carbonyl (C=O) groups excluding carboxylic acids is 3. The number of likely N-dealkylation sites (tertiary alicyclic amines) is 2. The van der Waals surface area contributed by atoms with Gasteiger partial charge in [0.15, 0.2) is 0 Å². The number of piperidine rings is 2. The molecule has 7 heteroatoms. The Morgan fingerprint density at radius 1 is 1.11 bits per heavy atom. The summed E-state index contributed by atoms with van der Waals surface area (Å²) in [5, 5.41) is 0. The van der Waals surface area contributed by atoms with Gasteiger partial charge < -0.3 is 15.5 Å². The lowest BCUT2D eigenvalue weighted by atomic mass is 9.73. The van der Waals surface area contributed by atoms with E-state index in [-0.39, 0.29) is 17.2 Å². The zero-order valence-corrected chi connectivity index (χ0v) is 15.5.